The van der Waals surface area contributed by atoms with E-state index >= 15 is 0 Å². The summed E-state index contributed by atoms with van der Waals surface area (Å²) in [6.45, 7) is 1.81. The number of aryl methyl sites for hydroxylation is 1. The number of aromatic nitrogens is 5. The van der Waals surface area contributed by atoms with Gasteiger partial charge in [-0.2, -0.15) is 5.10 Å². The van der Waals surface area contributed by atoms with Crippen LogP contribution in [-0.4, -0.2) is 67.8 Å². The first-order valence-electron chi connectivity index (χ1n) is 10.9. The highest BCUT2D eigenvalue weighted by Gasteiger charge is 2.24. The number of ether oxygens (including phenoxy) is 1. The lowest BCUT2D eigenvalue weighted by molar-refractivity contribution is 0.0795. The molecule has 0 unspecified atom stereocenters. The Bertz CT molecular complexity index is 1350. The number of carbonyl (C=O) groups is 2. The predicted molar refractivity (Wildman–Crippen MR) is 124 cm³/mol. The minimum Gasteiger partial charge on any atom is -0.491 e. The number of fused-ring (bicyclic) bond motifs is 1. The van der Waals surface area contributed by atoms with Gasteiger partial charge < -0.3 is 9.64 Å². The van der Waals surface area contributed by atoms with Gasteiger partial charge in [-0.15, -0.1) is 5.10 Å². The zero-order chi connectivity index (χ0) is 24.2. The molecule has 1 amide bonds. The molecule has 3 heterocycles. The van der Waals surface area contributed by atoms with Crippen molar-refractivity contribution in [2.45, 2.75) is 13.3 Å². The summed E-state index contributed by atoms with van der Waals surface area (Å²) in [6, 6.07) is 10.7. The third-order valence-corrected chi connectivity index (χ3v) is 5.46. The van der Waals surface area contributed by atoms with E-state index in [9.17, 15) is 14.0 Å². The van der Waals surface area contributed by atoms with Gasteiger partial charge in [-0.25, -0.2) is 13.9 Å². The van der Waals surface area contributed by atoms with Crippen LogP contribution in [0, 0.1) is 0 Å². The summed E-state index contributed by atoms with van der Waals surface area (Å²) in [5.41, 5.74) is 2.60. The SMILES string of the molecule is CCN(C)C(=O)c1cnn(C)c1C(=O)Cc1ccn2nc(-c3cccc(OCCF)c3)nc2c1. The van der Waals surface area contributed by atoms with Gasteiger partial charge in [0.15, 0.2) is 17.3 Å². The molecule has 3 aromatic heterocycles. The maximum atomic E-state index is 13.1. The number of halogens is 1. The van der Waals surface area contributed by atoms with Crippen LogP contribution in [0.1, 0.15) is 33.3 Å². The number of benzene rings is 1. The van der Waals surface area contributed by atoms with E-state index in [-0.39, 0.29) is 36.0 Å². The van der Waals surface area contributed by atoms with Crippen molar-refractivity contribution in [2.75, 3.05) is 26.9 Å². The van der Waals surface area contributed by atoms with Crippen molar-refractivity contribution in [1.82, 2.24) is 29.3 Å². The Balaban J connectivity index is 1.58. The van der Waals surface area contributed by atoms with Crippen LogP contribution in [0.4, 0.5) is 4.39 Å². The molecule has 0 saturated heterocycles. The fraction of sp³-hybridized carbons (Fsp3) is 0.292. The number of carbonyl (C=O) groups excluding carboxylic acids is 2. The van der Waals surface area contributed by atoms with Crippen molar-refractivity contribution in [3.05, 3.63) is 65.6 Å². The molecule has 1 aromatic carbocycles. The number of alkyl halides is 1. The summed E-state index contributed by atoms with van der Waals surface area (Å²) in [6.07, 6.45) is 3.25. The minimum absolute atomic E-state index is 0.0157. The van der Waals surface area contributed by atoms with E-state index in [4.69, 9.17) is 4.74 Å². The van der Waals surface area contributed by atoms with Gasteiger partial charge in [0.1, 0.15) is 24.7 Å². The van der Waals surface area contributed by atoms with Gasteiger partial charge in [-0.05, 0) is 36.8 Å². The van der Waals surface area contributed by atoms with E-state index in [2.05, 4.69) is 15.2 Å². The molecule has 0 aliphatic rings. The van der Waals surface area contributed by atoms with Crippen molar-refractivity contribution in [2.24, 2.45) is 7.05 Å². The lowest BCUT2D eigenvalue weighted by atomic mass is 10.0. The number of hydrogen-bond acceptors (Lipinski definition) is 6. The second-order valence-electron chi connectivity index (χ2n) is 7.79. The lowest BCUT2D eigenvalue weighted by Gasteiger charge is -2.14. The Labute approximate surface area is 195 Å². The molecule has 0 aliphatic carbocycles. The molecular formula is C24H25FN6O3. The van der Waals surface area contributed by atoms with Gasteiger partial charge >= 0.3 is 0 Å². The van der Waals surface area contributed by atoms with Crippen LogP contribution in [0.15, 0.2) is 48.8 Å². The van der Waals surface area contributed by atoms with Crippen molar-refractivity contribution in [3.8, 4) is 17.1 Å². The average Bonchev–Trinajstić information content (AvgIpc) is 3.45. The highest BCUT2D eigenvalue weighted by Crippen LogP contribution is 2.22. The molecule has 0 N–H and O–H groups in total. The van der Waals surface area contributed by atoms with Gasteiger partial charge in [0.2, 0.25) is 0 Å². The minimum atomic E-state index is -0.567. The highest BCUT2D eigenvalue weighted by molar-refractivity contribution is 6.07. The van der Waals surface area contributed by atoms with Crippen LogP contribution < -0.4 is 4.74 Å². The molecule has 0 bridgehead atoms. The van der Waals surface area contributed by atoms with Crippen molar-refractivity contribution < 1.29 is 18.7 Å². The van der Waals surface area contributed by atoms with Gasteiger partial charge in [0.05, 0.1) is 11.8 Å². The maximum Gasteiger partial charge on any atom is 0.257 e. The molecule has 9 nitrogen and oxygen atoms in total. The predicted octanol–water partition coefficient (Wildman–Crippen LogP) is 3.00. The average molecular weight is 465 g/mol. The van der Waals surface area contributed by atoms with Crippen LogP contribution in [0.3, 0.4) is 0 Å². The number of amides is 1. The maximum absolute atomic E-state index is 13.1. The quantitative estimate of drug-likeness (QED) is 0.354. The largest absolute Gasteiger partial charge is 0.491 e. The Hall–Kier alpha value is -4.08. The Morgan fingerprint density at radius 1 is 1.21 bits per heavy atom. The molecule has 176 valence electrons. The topological polar surface area (TPSA) is 94.6 Å². The molecule has 0 spiro atoms. The number of Topliss-reactive ketones (excluding diaryl/α,β-unsaturated/α-hetero) is 1. The van der Waals surface area contributed by atoms with Crippen LogP contribution in [0.5, 0.6) is 5.75 Å². The first kappa shape index (κ1) is 23.1. The smallest absolute Gasteiger partial charge is 0.257 e. The number of hydrogen-bond donors (Lipinski definition) is 0. The Morgan fingerprint density at radius 3 is 2.79 bits per heavy atom. The van der Waals surface area contributed by atoms with E-state index in [0.29, 0.717) is 23.8 Å². The molecule has 0 fully saturated rings. The summed E-state index contributed by atoms with van der Waals surface area (Å²) in [5.74, 6) is 0.565. The standard InChI is InChI=1S/C24H25FN6O3/c1-4-29(2)24(33)19-15-26-30(3)22(19)20(32)12-16-8-10-31-21(13-16)27-23(28-31)17-6-5-7-18(14-17)34-11-9-25/h5-8,10,13-15H,4,9,11-12H2,1-3H3. The van der Waals surface area contributed by atoms with E-state index in [1.807, 2.05) is 13.0 Å². The summed E-state index contributed by atoms with van der Waals surface area (Å²) in [4.78, 5) is 31.8. The molecule has 0 saturated carbocycles. The van der Waals surface area contributed by atoms with E-state index in [1.54, 1.807) is 55.1 Å². The first-order valence-corrected chi connectivity index (χ1v) is 10.9. The van der Waals surface area contributed by atoms with Crippen molar-refractivity contribution >= 4 is 17.3 Å². The third-order valence-electron chi connectivity index (χ3n) is 5.46. The summed E-state index contributed by atoms with van der Waals surface area (Å²) in [7, 11) is 3.33. The Morgan fingerprint density at radius 2 is 2.03 bits per heavy atom. The first-order chi connectivity index (χ1) is 16.4. The highest BCUT2D eigenvalue weighted by atomic mass is 19.1. The fourth-order valence-electron chi connectivity index (χ4n) is 3.58. The zero-order valence-electron chi connectivity index (χ0n) is 19.2. The molecule has 4 aromatic rings. The zero-order valence-corrected chi connectivity index (χ0v) is 19.2. The monoisotopic (exact) mass is 464 g/mol. The second-order valence-corrected chi connectivity index (χ2v) is 7.79. The van der Waals surface area contributed by atoms with Gasteiger partial charge in [-0.3, -0.25) is 14.3 Å². The normalized spacial score (nSPS) is 11.1. The fourth-order valence-corrected chi connectivity index (χ4v) is 3.58. The van der Waals surface area contributed by atoms with Crippen LogP contribution in [0.2, 0.25) is 0 Å². The summed E-state index contributed by atoms with van der Waals surface area (Å²) < 4.78 is 20.8. The third kappa shape index (κ3) is 4.66. The number of nitrogens with zero attached hydrogens (tertiary/aromatic N) is 6. The number of rotatable bonds is 9. The Kier molecular flexibility index (Phi) is 6.67. The molecule has 0 aliphatic heterocycles. The van der Waals surface area contributed by atoms with E-state index < -0.39 is 6.67 Å². The summed E-state index contributed by atoms with van der Waals surface area (Å²) in [5, 5.41) is 8.60. The van der Waals surface area contributed by atoms with Crippen LogP contribution >= 0.6 is 0 Å². The van der Waals surface area contributed by atoms with Crippen molar-refractivity contribution in [1.29, 1.82) is 0 Å². The number of pyridine rings is 1. The van der Waals surface area contributed by atoms with Crippen molar-refractivity contribution in [3.63, 3.8) is 0 Å². The van der Waals surface area contributed by atoms with E-state index in [1.165, 1.54) is 15.8 Å². The van der Waals surface area contributed by atoms with Gasteiger partial charge in [0, 0.05) is 38.8 Å². The molecule has 0 radical (unpaired) electrons. The van der Waals surface area contributed by atoms with Gasteiger partial charge in [0.25, 0.3) is 5.91 Å². The molecule has 0 atom stereocenters. The van der Waals surface area contributed by atoms with E-state index in [0.717, 1.165) is 11.1 Å². The summed E-state index contributed by atoms with van der Waals surface area (Å²) >= 11 is 0. The lowest BCUT2D eigenvalue weighted by Crippen LogP contribution is -2.28. The molecule has 10 heteroatoms. The molecule has 34 heavy (non-hydrogen) atoms. The van der Waals surface area contributed by atoms with Crippen LogP contribution in [0.25, 0.3) is 17.0 Å². The molecule has 4 rings (SSSR count). The van der Waals surface area contributed by atoms with Gasteiger partial charge in [-0.1, -0.05) is 12.1 Å². The number of ketones is 1. The van der Waals surface area contributed by atoms with Crippen LogP contribution in [-0.2, 0) is 13.5 Å². The second kappa shape index (κ2) is 9.82. The molecular weight excluding hydrogens is 439 g/mol.